The molecule has 0 bridgehead atoms. The number of rotatable bonds is 3. The van der Waals surface area contributed by atoms with Gasteiger partial charge in [-0.25, -0.2) is 5.43 Å². The summed E-state index contributed by atoms with van der Waals surface area (Å²) < 4.78 is 6.84. The highest BCUT2D eigenvalue weighted by atomic mass is 127. The van der Waals surface area contributed by atoms with Gasteiger partial charge < -0.3 is 9.52 Å². The molecule has 0 radical (unpaired) electrons. The maximum absolute atomic E-state index is 11.9. The molecule has 0 aliphatic carbocycles. The van der Waals surface area contributed by atoms with E-state index in [0.29, 0.717) is 20.3 Å². The van der Waals surface area contributed by atoms with Crippen LogP contribution in [0, 0.1) is 3.77 Å². The quantitative estimate of drug-likeness (QED) is 0.372. The third-order valence-electron chi connectivity index (χ3n) is 2.23. The van der Waals surface area contributed by atoms with E-state index in [0.717, 1.165) is 3.77 Å². The van der Waals surface area contributed by atoms with Crippen LogP contribution in [-0.2, 0) is 0 Å². The number of hydrazone groups is 1. The molecule has 8 heteroatoms. The van der Waals surface area contributed by atoms with Gasteiger partial charge in [0.2, 0.25) is 0 Å². The van der Waals surface area contributed by atoms with E-state index in [4.69, 9.17) is 4.42 Å². The number of benzene rings is 1. The van der Waals surface area contributed by atoms with E-state index in [1.54, 1.807) is 12.1 Å². The Kier molecular flexibility index (Phi) is 5.22. The van der Waals surface area contributed by atoms with Crippen molar-refractivity contribution in [3.8, 4) is 5.75 Å². The van der Waals surface area contributed by atoms with Crippen LogP contribution < -0.4 is 5.43 Å². The Balaban J connectivity index is 2.07. The molecule has 1 amide bonds. The molecule has 1 aromatic carbocycles. The lowest BCUT2D eigenvalue weighted by Gasteiger charge is -2.04. The molecule has 104 valence electrons. The summed E-state index contributed by atoms with van der Waals surface area (Å²) in [6.45, 7) is 0. The van der Waals surface area contributed by atoms with Gasteiger partial charge >= 0.3 is 0 Å². The first kappa shape index (κ1) is 15.5. The second-order valence-corrected chi connectivity index (χ2v) is 6.40. The molecule has 0 saturated heterocycles. The summed E-state index contributed by atoms with van der Waals surface area (Å²) in [7, 11) is 0. The van der Waals surface area contributed by atoms with Crippen LogP contribution in [0.2, 0.25) is 0 Å². The van der Waals surface area contributed by atoms with Crippen LogP contribution in [-0.4, -0.2) is 17.2 Å². The predicted octanol–water partition coefficient (Wildman–Crippen LogP) is 3.88. The third-order valence-corrected chi connectivity index (χ3v) is 4.02. The molecule has 2 rings (SSSR count). The number of phenolic OH excluding ortho intramolecular Hbond substituents is 1. The summed E-state index contributed by atoms with van der Waals surface area (Å²) in [5.74, 6) is 0.182. The summed E-state index contributed by atoms with van der Waals surface area (Å²) >= 11 is 8.35. The number of nitrogens with one attached hydrogen (secondary N) is 1. The summed E-state index contributed by atoms with van der Waals surface area (Å²) in [5.41, 5.74) is 2.73. The third kappa shape index (κ3) is 3.83. The molecule has 0 unspecified atom stereocenters. The molecule has 2 N–H and O–H groups in total. The molecule has 2 aromatic rings. The highest BCUT2D eigenvalue weighted by Crippen LogP contribution is 2.33. The molecule has 20 heavy (non-hydrogen) atoms. The Labute approximate surface area is 144 Å². The minimum absolute atomic E-state index is 0.0372. The van der Waals surface area contributed by atoms with Gasteiger partial charge in [0.15, 0.2) is 3.77 Å². The smallest absolute Gasteiger partial charge is 0.271 e. The van der Waals surface area contributed by atoms with E-state index in [1.165, 1.54) is 18.3 Å². The molecular formula is C12H7Br2IN2O3. The number of furan rings is 1. The fourth-order valence-corrected chi connectivity index (χ4v) is 2.93. The summed E-state index contributed by atoms with van der Waals surface area (Å²) in [5, 5.41) is 13.4. The lowest BCUT2D eigenvalue weighted by atomic mass is 10.2. The fourth-order valence-electron chi connectivity index (χ4n) is 1.31. The topological polar surface area (TPSA) is 74.8 Å². The van der Waals surface area contributed by atoms with Crippen LogP contribution in [0.3, 0.4) is 0 Å². The number of carbonyl (C=O) groups is 1. The average molecular weight is 514 g/mol. The van der Waals surface area contributed by atoms with Crippen molar-refractivity contribution in [1.82, 2.24) is 5.43 Å². The Morgan fingerprint density at radius 1 is 1.35 bits per heavy atom. The molecule has 0 spiro atoms. The first-order valence-corrected chi connectivity index (χ1v) is 7.90. The first-order chi connectivity index (χ1) is 9.47. The molecule has 0 aliphatic rings. The number of hydrogen-bond acceptors (Lipinski definition) is 4. The van der Waals surface area contributed by atoms with Crippen LogP contribution in [0.4, 0.5) is 0 Å². The first-order valence-electron chi connectivity index (χ1n) is 5.24. The van der Waals surface area contributed by atoms with Gasteiger partial charge in [0.25, 0.3) is 5.91 Å². The molecule has 0 saturated carbocycles. The molecule has 1 aromatic heterocycles. The van der Waals surface area contributed by atoms with Gasteiger partial charge in [-0.3, -0.25) is 4.79 Å². The normalized spacial score (nSPS) is 10.9. The average Bonchev–Trinajstić information content (AvgIpc) is 2.81. The van der Waals surface area contributed by atoms with E-state index in [9.17, 15) is 9.90 Å². The van der Waals surface area contributed by atoms with Crippen LogP contribution in [0.1, 0.15) is 16.1 Å². The Hall–Kier alpha value is -0.870. The van der Waals surface area contributed by atoms with Crippen LogP contribution in [0.25, 0.3) is 0 Å². The molecule has 0 aliphatic heterocycles. The number of nitrogens with zero attached hydrogens (tertiary/aromatic N) is 1. The lowest BCUT2D eigenvalue weighted by molar-refractivity contribution is 0.0955. The number of aromatic hydroxyl groups is 1. The summed E-state index contributed by atoms with van der Waals surface area (Å²) in [4.78, 5) is 11.9. The molecule has 1 heterocycles. The largest absolute Gasteiger partial charge is 0.506 e. The van der Waals surface area contributed by atoms with Crippen molar-refractivity contribution in [2.24, 2.45) is 5.10 Å². The summed E-state index contributed by atoms with van der Waals surface area (Å²) in [6, 6.07) is 6.53. The van der Waals surface area contributed by atoms with Crippen molar-refractivity contribution >= 4 is 66.6 Å². The van der Waals surface area contributed by atoms with E-state index < -0.39 is 5.91 Å². The number of carbonyl (C=O) groups excluding carboxylic acids is 1. The van der Waals surface area contributed by atoms with Crippen molar-refractivity contribution in [2.45, 2.75) is 0 Å². The zero-order valence-corrected chi connectivity index (χ0v) is 15.1. The predicted molar refractivity (Wildman–Crippen MR) is 90.0 cm³/mol. The van der Waals surface area contributed by atoms with Gasteiger partial charge in [-0.1, -0.05) is 0 Å². The van der Waals surface area contributed by atoms with Crippen molar-refractivity contribution < 1.29 is 14.3 Å². The van der Waals surface area contributed by atoms with Gasteiger partial charge in [0.05, 0.1) is 15.2 Å². The van der Waals surface area contributed by atoms with Crippen molar-refractivity contribution in [3.05, 3.63) is 48.3 Å². The zero-order chi connectivity index (χ0) is 14.7. The summed E-state index contributed by atoms with van der Waals surface area (Å²) in [6.07, 6.45) is 1.41. The molecule has 5 nitrogen and oxygen atoms in total. The van der Waals surface area contributed by atoms with Crippen LogP contribution in [0.5, 0.6) is 5.75 Å². The Morgan fingerprint density at radius 2 is 2.00 bits per heavy atom. The van der Waals surface area contributed by atoms with Crippen molar-refractivity contribution in [1.29, 1.82) is 0 Å². The van der Waals surface area contributed by atoms with Crippen molar-refractivity contribution in [2.75, 3.05) is 0 Å². The SMILES string of the molecule is O=C(N/N=C\c1ccc(I)o1)c1cc(Br)c(O)c(Br)c1. The Morgan fingerprint density at radius 3 is 2.55 bits per heavy atom. The number of hydrogen-bond donors (Lipinski definition) is 2. The molecular weight excluding hydrogens is 507 g/mol. The van der Waals surface area contributed by atoms with Gasteiger partial charge in [-0.05, 0) is 78.7 Å². The maximum Gasteiger partial charge on any atom is 0.271 e. The van der Waals surface area contributed by atoms with E-state index in [2.05, 4.69) is 42.4 Å². The molecule has 0 atom stereocenters. The van der Waals surface area contributed by atoms with E-state index >= 15 is 0 Å². The second-order valence-electron chi connectivity index (χ2n) is 3.63. The highest BCUT2D eigenvalue weighted by Gasteiger charge is 2.11. The van der Waals surface area contributed by atoms with E-state index in [1.807, 2.05) is 22.6 Å². The van der Waals surface area contributed by atoms with Gasteiger partial charge in [-0.15, -0.1) is 0 Å². The number of phenols is 1. The van der Waals surface area contributed by atoms with Crippen LogP contribution >= 0.6 is 54.5 Å². The maximum atomic E-state index is 11.9. The van der Waals surface area contributed by atoms with Gasteiger partial charge in [0, 0.05) is 5.56 Å². The minimum Gasteiger partial charge on any atom is -0.506 e. The number of halogens is 3. The highest BCUT2D eigenvalue weighted by molar-refractivity contribution is 14.1. The number of amides is 1. The molecule has 0 fully saturated rings. The van der Waals surface area contributed by atoms with Crippen molar-refractivity contribution in [3.63, 3.8) is 0 Å². The van der Waals surface area contributed by atoms with E-state index in [-0.39, 0.29) is 5.75 Å². The second kappa shape index (κ2) is 6.72. The monoisotopic (exact) mass is 512 g/mol. The lowest BCUT2D eigenvalue weighted by Crippen LogP contribution is -2.17. The zero-order valence-electron chi connectivity index (χ0n) is 9.73. The van der Waals surface area contributed by atoms with Crippen LogP contribution in [0.15, 0.2) is 42.7 Å². The van der Waals surface area contributed by atoms with Gasteiger partial charge in [0.1, 0.15) is 11.5 Å². The fraction of sp³-hybridized carbons (Fsp3) is 0. The van der Waals surface area contributed by atoms with Gasteiger partial charge in [-0.2, -0.15) is 5.10 Å². The minimum atomic E-state index is -0.399. The Bertz CT molecular complexity index is 662. The standard InChI is InChI=1S/C12H7Br2IN2O3/c13-8-3-6(4-9(14)11(8)18)12(19)17-16-5-7-1-2-10(15)20-7/h1-5,18H,(H,17,19)/b16-5-.